The van der Waals surface area contributed by atoms with Crippen molar-refractivity contribution in [3.63, 3.8) is 0 Å². The van der Waals surface area contributed by atoms with Gasteiger partial charge < -0.3 is 15.2 Å². The zero-order valence-corrected chi connectivity index (χ0v) is 14.4. The molecule has 0 bridgehead atoms. The highest BCUT2D eigenvalue weighted by Crippen LogP contribution is 2.32. The lowest BCUT2D eigenvalue weighted by Crippen LogP contribution is -2.23. The van der Waals surface area contributed by atoms with Gasteiger partial charge in [-0.1, -0.05) is 51.1 Å². The monoisotopic (exact) mass is 315 g/mol. The van der Waals surface area contributed by atoms with Crippen LogP contribution in [0.15, 0.2) is 28.8 Å². The molecule has 124 valence electrons. The van der Waals surface area contributed by atoms with Gasteiger partial charge in [0.25, 0.3) is 0 Å². The van der Waals surface area contributed by atoms with Crippen molar-refractivity contribution in [2.24, 2.45) is 0 Å². The number of benzene rings is 1. The number of nitrogens with one attached hydrogen (secondary N) is 2. The van der Waals surface area contributed by atoms with E-state index in [1.54, 1.807) is 13.0 Å². The van der Waals surface area contributed by atoms with E-state index in [0.717, 1.165) is 5.69 Å². The first-order valence-corrected chi connectivity index (χ1v) is 7.98. The molecule has 0 aliphatic rings. The molecule has 1 aromatic carbocycles. The van der Waals surface area contributed by atoms with Crippen LogP contribution in [0.2, 0.25) is 0 Å². The van der Waals surface area contributed by atoms with Gasteiger partial charge in [0.15, 0.2) is 5.82 Å². The molecule has 2 N–H and O–H groups in total. The minimum absolute atomic E-state index is 0.147. The molecule has 5 heteroatoms. The number of carbonyl (C=O) groups excluding carboxylic acids is 1. The normalized spacial score (nSPS) is 11.1. The van der Waals surface area contributed by atoms with Gasteiger partial charge in [-0.25, -0.2) is 0 Å². The zero-order chi connectivity index (χ0) is 17.0. The lowest BCUT2D eigenvalue weighted by atomic mass is 9.92. The van der Waals surface area contributed by atoms with Gasteiger partial charge in [-0.15, -0.1) is 0 Å². The fourth-order valence-corrected chi connectivity index (χ4v) is 2.54. The molecule has 0 atom stereocenters. The maximum absolute atomic E-state index is 12.1. The minimum atomic E-state index is -0.147. The number of hydrogen-bond acceptors (Lipinski definition) is 4. The molecule has 0 radical (unpaired) electrons. The third-order valence-corrected chi connectivity index (χ3v) is 3.69. The van der Waals surface area contributed by atoms with Crippen LogP contribution >= 0.6 is 0 Å². The summed E-state index contributed by atoms with van der Waals surface area (Å²) < 4.78 is 4.94. The van der Waals surface area contributed by atoms with E-state index in [1.807, 2.05) is 0 Å². The number of amides is 1. The number of para-hydroxylation sites is 1. The predicted molar refractivity (Wildman–Crippen MR) is 93.0 cm³/mol. The van der Waals surface area contributed by atoms with Crippen molar-refractivity contribution in [3.05, 3.63) is 41.2 Å². The molecule has 1 amide bonds. The highest BCUT2D eigenvalue weighted by Gasteiger charge is 2.14. The minimum Gasteiger partial charge on any atom is -0.376 e. The summed E-state index contributed by atoms with van der Waals surface area (Å²) in [5, 5.41) is 9.79. The summed E-state index contributed by atoms with van der Waals surface area (Å²) in [6, 6.07) is 7.99. The third kappa shape index (κ3) is 4.34. The predicted octanol–water partition coefficient (Wildman–Crippen LogP) is 4.28. The fraction of sp³-hybridized carbons (Fsp3) is 0.444. The second kappa shape index (κ2) is 7.31. The Balaban J connectivity index is 2.11. The molecule has 0 aliphatic carbocycles. The van der Waals surface area contributed by atoms with Crippen LogP contribution < -0.4 is 10.6 Å². The van der Waals surface area contributed by atoms with Crippen LogP contribution in [0.3, 0.4) is 0 Å². The van der Waals surface area contributed by atoms with Crippen molar-refractivity contribution < 1.29 is 9.32 Å². The summed E-state index contributed by atoms with van der Waals surface area (Å²) >= 11 is 0. The molecular weight excluding hydrogens is 290 g/mol. The average molecular weight is 315 g/mol. The van der Waals surface area contributed by atoms with E-state index in [2.05, 4.69) is 61.7 Å². The number of aryl methyl sites for hydroxylation is 1. The molecule has 1 heterocycles. The Morgan fingerprint density at radius 3 is 2.26 bits per heavy atom. The smallest absolute Gasteiger partial charge is 0.244 e. The molecule has 2 aromatic rings. The van der Waals surface area contributed by atoms with Crippen molar-refractivity contribution >= 4 is 17.4 Å². The van der Waals surface area contributed by atoms with Gasteiger partial charge in [-0.05, 0) is 29.9 Å². The second-order valence-electron chi connectivity index (χ2n) is 6.35. The van der Waals surface area contributed by atoms with Crippen molar-refractivity contribution in [3.8, 4) is 0 Å². The average Bonchev–Trinajstić information content (AvgIpc) is 2.89. The van der Waals surface area contributed by atoms with E-state index >= 15 is 0 Å². The summed E-state index contributed by atoms with van der Waals surface area (Å²) in [5.74, 6) is 1.73. The van der Waals surface area contributed by atoms with Crippen molar-refractivity contribution in [2.75, 3.05) is 17.2 Å². The summed E-state index contributed by atoms with van der Waals surface area (Å²) in [6.45, 7) is 10.6. The van der Waals surface area contributed by atoms with E-state index in [1.165, 1.54) is 11.1 Å². The van der Waals surface area contributed by atoms with E-state index in [9.17, 15) is 4.79 Å². The van der Waals surface area contributed by atoms with Crippen molar-refractivity contribution in [1.82, 2.24) is 5.16 Å². The van der Waals surface area contributed by atoms with Crippen molar-refractivity contribution in [1.29, 1.82) is 0 Å². The van der Waals surface area contributed by atoms with Crippen LogP contribution in [0.25, 0.3) is 0 Å². The Morgan fingerprint density at radius 2 is 1.78 bits per heavy atom. The molecule has 23 heavy (non-hydrogen) atoms. The first kappa shape index (κ1) is 17.1. The van der Waals surface area contributed by atoms with Crippen LogP contribution in [0.1, 0.15) is 56.4 Å². The standard InChI is InChI=1S/C18H25N3O2/c1-11(2)14-7-6-8-15(12(3)4)18(14)19-10-17(22)20-16-9-13(5)23-21-16/h6-9,11-12,19H,10H2,1-5H3,(H,20,21,22). The molecule has 1 aromatic heterocycles. The third-order valence-electron chi connectivity index (χ3n) is 3.69. The first-order chi connectivity index (χ1) is 10.9. The summed E-state index contributed by atoms with van der Waals surface area (Å²) in [5.41, 5.74) is 3.51. The maximum Gasteiger partial charge on any atom is 0.244 e. The van der Waals surface area contributed by atoms with E-state index < -0.39 is 0 Å². The van der Waals surface area contributed by atoms with Gasteiger partial charge in [0.05, 0.1) is 6.54 Å². The molecule has 0 fully saturated rings. The summed E-state index contributed by atoms with van der Waals surface area (Å²) in [7, 11) is 0. The van der Waals surface area contributed by atoms with Gasteiger partial charge in [0.1, 0.15) is 5.76 Å². The highest BCUT2D eigenvalue weighted by atomic mass is 16.5. The second-order valence-corrected chi connectivity index (χ2v) is 6.35. The van der Waals surface area contributed by atoms with Gasteiger partial charge in [-0.3, -0.25) is 4.79 Å². The number of hydrogen-bond donors (Lipinski definition) is 2. The quantitative estimate of drug-likeness (QED) is 0.835. The van der Waals surface area contributed by atoms with E-state index in [-0.39, 0.29) is 12.5 Å². The fourth-order valence-electron chi connectivity index (χ4n) is 2.54. The van der Waals surface area contributed by atoms with Crippen LogP contribution in [0, 0.1) is 6.92 Å². The Kier molecular flexibility index (Phi) is 5.42. The lowest BCUT2D eigenvalue weighted by molar-refractivity contribution is -0.114. The Bertz CT molecular complexity index is 648. The van der Waals surface area contributed by atoms with Crippen LogP contribution in [0.4, 0.5) is 11.5 Å². The van der Waals surface area contributed by atoms with Crippen LogP contribution in [0.5, 0.6) is 0 Å². The van der Waals surface area contributed by atoms with Gasteiger partial charge in [-0.2, -0.15) is 0 Å². The van der Waals surface area contributed by atoms with Gasteiger partial charge in [0.2, 0.25) is 5.91 Å². The Morgan fingerprint density at radius 1 is 1.17 bits per heavy atom. The van der Waals surface area contributed by atoms with E-state index in [0.29, 0.717) is 23.4 Å². The summed E-state index contributed by atoms with van der Waals surface area (Å²) in [6.07, 6.45) is 0. The molecule has 5 nitrogen and oxygen atoms in total. The Labute approximate surface area is 137 Å². The van der Waals surface area contributed by atoms with Crippen LogP contribution in [-0.4, -0.2) is 17.6 Å². The molecule has 0 spiro atoms. The largest absolute Gasteiger partial charge is 0.376 e. The molecule has 0 unspecified atom stereocenters. The molecule has 2 rings (SSSR count). The van der Waals surface area contributed by atoms with Gasteiger partial charge in [0, 0.05) is 11.8 Å². The Hall–Kier alpha value is -2.30. The number of nitrogens with zero attached hydrogens (tertiary/aromatic N) is 1. The van der Waals surface area contributed by atoms with E-state index in [4.69, 9.17) is 4.52 Å². The maximum atomic E-state index is 12.1. The zero-order valence-electron chi connectivity index (χ0n) is 14.4. The van der Waals surface area contributed by atoms with Crippen molar-refractivity contribution in [2.45, 2.75) is 46.5 Å². The number of anilines is 2. The molecule has 0 saturated carbocycles. The lowest BCUT2D eigenvalue weighted by Gasteiger charge is -2.20. The highest BCUT2D eigenvalue weighted by molar-refractivity contribution is 5.93. The number of carbonyl (C=O) groups is 1. The van der Waals surface area contributed by atoms with Gasteiger partial charge >= 0.3 is 0 Å². The number of aromatic nitrogens is 1. The summed E-state index contributed by atoms with van der Waals surface area (Å²) in [4.78, 5) is 12.1. The molecular formula is C18H25N3O2. The van der Waals surface area contributed by atoms with Crippen LogP contribution in [-0.2, 0) is 4.79 Å². The first-order valence-electron chi connectivity index (χ1n) is 7.98. The molecule has 0 saturated heterocycles. The number of rotatable bonds is 6. The topological polar surface area (TPSA) is 67.2 Å². The SMILES string of the molecule is Cc1cc(NC(=O)CNc2c(C(C)C)cccc2C(C)C)no1. The molecule has 0 aliphatic heterocycles.